The zero-order valence-corrected chi connectivity index (χ0v) is 20.3. The molecule has 5 nitrogen and oxygen atoms in total. The molecular weight excluding hydrogens is 436 g/mol. The quantitative estimate of drug-likeness (QED) is 0.462. The van der Waals surface area contributed by atoms with Gasteiger partial charge in [-0.1, -0.05) is 54.6 Å². The van der Waals surface area contributed by atoms with E-state index in [4.69, 9.17) is 4.74 Å². The zero-order chi connectivity index (χ0) is 24.2. The lowest BCUT2D eigenvalue weighted by molar-refractivity contribution is -0.150. The van der Waals surface area contributed by atoms with Gasteiger partial charge in [-0.2, -0.15) is 0 Å². The van der Waals surface area contributed by atoms with Crippen LogP contribution in [0.2, 0.25) is 0 Å². The fraction of sp³-hybridized carbons (Fsp3) is 0.333. The Morgan fingerprint density at radius 3 is 2.20 bits per heavy atom. The van der Waals surface area contributed by atoms with Gasteiger partial charge in [0.25, 0.3) is 5.91 Å². The molecule has 2 aliphatic rings. The highest BCUT2D eigenvalue weighted by Crippen LogP contribution is 2.37. The monoisotopic (exact) mass is 468 g/mol. The van der Waals surface area contributed by atoms with Gasteiger partial charge >= 0.3 is 5.97 Å². The Kier molecular flexibility index (Phi) is 6.96. The number of nitrogens with zero attached hydrogens (tertiary/aromatic N) is 2. The summed E-state index contributed by atoms with van der Waals surface area (Å²) in [7, 11) is 0. The van der Waals surface area contributed by atoms with Gasteiger partial charge in [-0.3, -0.25) is 19.4 Å². The maximum absolute atomic E-state index is 14.2. The van der Waals surface area contributed by atoms with Gasteiger partial charge in [0, 0.05) is 18.7 Å². The van der Waals surface area contributed by atoms with E-state index in [2.05, 4.69) is 17.0 Å². The van der Waals surface area contributed by atoms with E-state index in [1.807, 2.05) is 72.5 Å². The van der Waals surface area contributed by atoms with E-state index in [1.54, 1.807) is 0 Å². The first-order chi connectivity index (χ1) is 17.2. The molecule has 0 spiro atoms. The molecule has 35 heavy (non-hydrogen) atoms. The molecule has 3 aromatic carbocycles. The fourth-order valence-corrected chi connectivity index (χ4v) is 5.38. The zero-order valence-electron chi connectivity index (χ0n) is 20.3. The summed E-state index contributed by atoms with van der Waals surface area (Å²) >= 11 is 0. The summed E-state index contributed by atoms with van der Waals surface area (Å²) in [6.07, 6.45) is 3.62. The molecule has 1 fully saturated rings. The van der Waals surface area contributed by atoms with E-state index in [0.29, 0.717) is 25.3 Å². The van der Waals surface area contributed by atoms with Crippen molar-refractivity contribution in [3.05, 3.63) is 95.1 Å². The number of hydrogen-bond donors (Lipinski definition) is 0. The number of benzene rings is 3. The van der Waals surface area contributed by atoms with Crippen LogP contribution in [0.25, 0.3) is 0 Å². The van der Waals surface area contributed by atoms with Gasteiger partial charge in [0.2, 0.25) is 0 Å². The first kappa shape index (κ1) is 23.3. The molecular formula is C30H32N2O3. The number of hydrogen-bond acceptors (Lipinski definition) is 4. The van der Waals surface area contributed by atoms with E-state index in [1.165, 1.54) is 11.1 Å². The summed E-state index contributed by atoms with van der Waals surface area (Å²) in [5.74, 6) is -0.225. The Morgan fingerprint density at radius 1 is 0.886 bits per heavy atom. The number of fused-ring (bicyclic) bond motifs is 2. The van der Waals surface area contributed by atoms with E-state index in [-0.39, 0.29) is 17.8 Å². The Bertz CT molecular complexity index is 1170. The number of ether oxygens (including phenoxy) is 1. The van der Waals surface area contributed by atoms with Crippen LogP contribution in [0.4, 0.5) is 11.4 Å². The number of piperidine rings is 1. The molecule has 0 N–H and O–H groups in total. The Balaban J connectivity index is 1.47. The molecule has 0 aliphatic carbocycles. The first-order valence-corrected chi connectivity index (χ1v) is 12.6. The lowest BCUT2D eigenvalue weighted by atomic mass is 9.96. The predicted octanol–water partition coefficient (Wildman–Crippen LogP) is 5.54. The van der Waals surface area contributed by atoms with Gasteiger partial charge in [-0.05, 0) is 74.0 Å². The van der Waals surface area contributed by atoms with Gasteiger partial charge in [0.1, 0.15) is 0 Å². The van der Waals surface area contributed by atoms with Crippen LogP contribution < -0.4 is 4.90 Å². The second-order valence-electron chi connectivity index (χ2n) is 9.38. The maximum atomic E-state index is 14.2. The van der Waals surface area contributed by atoms with Crippen molar-refractivity contribution in [2.75, 3.05) is 24.6 Å². The Labute approximate surface area is 207 Å². The third-order valence-electron chi connectivity index (χ3n) is 7.10. The molecule has 3 aromatic rings. The highest BCUT2D eigenvalue weighted by atomic mass is 16.5. The van der Waals surface area contributed by atoms with Gasteiger partial charge < -0.3 is 4.74 Å². The van der Waals surface area contributed by atoms with E-state index in [9.17, 15) is 9.59 Å². The van der Waals surface area contributed by atoms with Crippen molar-refractivity contribution in [2.45, 2.75) is 39.2 Å². The molecule has 0 unspecified atom stereocenters. The van der Waals surface area contributed by atoms with Crippen molar-refractivity contribution in [1.29, 1.82) is 0 Å². The predicted molar refractivity (Wildman–Crippen MR) is 138 cm³/mol. The van der Waals surface area contributed by atoms with Crippen LogP contribution in [-0.4, -0.2) is 36.5 Å². The highest BCUT2D eigenvalue weighted by Gasteiger charge is 2.30. The average molecular weight is 469 g/mol. The van der Waals surface area contributed by atoms with Crippen molar-refractivity contribution in [3.63, 3.8) is 0 Å². The van der Waals surface area contributed by atoms with Crippen molar-refractivity contribution in [1.82, 2.24) is 4.90 Å². The molecule has 5 rings (SSSR count). The normalized spacial score (nSPS) is 17.7. The van der Waals surface area contributed by atoms with Gasteiger partial charge in [0.15, 0.2) is 0 Å². The molecule has 5 heteroatoms. The molecule has 2 aliphatic heterocycles. The van der Waals surface area contributed by atoms with Crippen molar-refractivity contribution in [2.24, 2.45) is 5.92 Å². The largest absolute Gasteiger partial charge is 0.466 e. The lowest BCUT2D eigenvalue weighted by Gasteiger charge is -2.32. The number of aryl methyl sites for hydroxylation is 2. The number of carbonyl (C=O) groups is 2. The fourth-order valence-electron chi connectivity index (χ4n) is 5.38. The number of amides is 1. The second-order valence-corrected chi connectivity index (χ2v) is 9.38. The smallest absolute Gasteiger partial charge is 0.310 e. The van der Waals surface area contributed by atoms with Crippen LogP contribution in [0, 0.1) is 5.92 Å². The molecule has 0 radical (unpaired) electrons. The van der Waals surface area contributed by atoms with E-state index >= 15 is 0 Å². The summed E-state index contributed by atoms with van der Waals surface area (Å²) in [5.41, 5.74) is 5.97. The second kappa shape index (κ2) is 10.4. The average Bonchev–Trinajstić information content (AvgIpc) is 3.06. The third-order valence-corrected chi connectivity index (χ3v) is 7.10. The molecule has 0 saturated carbocycles. The number of likely N-dealkylation sites (tertiary alicyclic amines) is 1. The SMILES string of the molecule is CCOC(=O)[C@@H]1CCCN(Cc2ccccc2C(=O)N2c3ccccc3CCc3ccccc32)C1. The Hall–Kier alpha value is -3.44. The number of carbonyl (C=O) groups excluding carboxylic acids is 2. The topological polar surface area (TPSA) is 49.9 Å². The van der Waals surface area contributed by atoms with Crippen LogP contribution in [0.5, 0.6) is 0 Å². The molecule has 180 valence electrons. The van der Waals surface area contributed by atoms with Crippen LogP contribution in [0.1, 0.15) is 46.8 Å². The summed E-state index contributed by atoms with van der Waals surface area (Å²) in [5, 5.41) is 0. The maximum Gasteiger partial charge on any atom is 0.310 e. The summed E-state index contributed by atoms with van der Waals surface area (Å²) < 4.78 is 5.27. The summed E-state index contributed by atoms with van der Waals surface area (Å²) in [6, 6.07) is 24.3. The number of anilines is 2. The van der Waals surface area contributed by atoms with Crippen molar-refractivity contribution >= 4 is 23.3 Å². The molecule has 1 amide bonds. The van der Waals surface area contributed by atoms with Crippen LogP contribution in [0.3, 0.4) is 0 Å². The number of para-hydroxylation sites is 2. The van der Waals surface area contributed by atoms with Crippen LogP contribution in [-0.2, 0) is 28.9 Å². The molecule has 0 aromatic heterocycles. The molecule has 0 bridgehead atoms. The van der Waals surface area contributed by atoms with E-state index in [0.717, 1.165) is 49.2 Å². The van der Waals surface area contributed by atoms with Crippen molar-refractivity contribution in [3.8, 4) is 0 Å². The van der Waals surface area contributed by atoms with Crippen LogP contribution >= 0.6 is 0 Å². The third kappa shape index (κ3) is 4.87. The molecule has 1 saturated heterocycles. The van der Waals surface area contributed by atoms with Crippen molar-refractivity contribution < 1.29 is 14.3 Å². The van der Waals surface area contributed by atoms with Gasteiger partial charge in [-0.15, -0.1) is 0 Å². The van der Waals surface area contributed by atoms with E-state index < -0.39 is 0 Å². The van der Waals surface area contributed by atoms with Gasteiger partial charge in [0.05, 0.1) is 23.9 Å². The minimum Gasteiger partial charge on any atom is -0.466 e. The number of esters is 1. The minimum atomic E-state index is -0.112. The summed E-state index contributed by atoms with van der Waals surface area (Å²) in [6.45, 7) is 4.46. The van der Waals surface area contributed by atoms with Crippen LogP contribution in [0.15, 0.2) is 72.8 Å². The Morgan fingerprint density at radius 2 is 1.51 bits per heavy atom. The minimum absolute atomic E-state index is 0.0126. The molecule has 1 atom stereocenters. The van der Waals surface area contributed by atoms with Gasteiger partial charge in [-0.25, -0.2) is 0 Å². The highest BCUT2D eigenvalue weighted by molar-refractivity contribution is 6.12. The molecule has 2 heterocycles. The summed E-state index contributed by atoms with van der Waals surface area (Å²) in [4.78, 5) is 30.7. The first-order valence-electron chi connectivity index (χ1n) is 12.6. The number of rotatable bonds is 5. The lowest BCUT2D eigenvalue weighted by Crippen LogP contribution is -2.39. The standard InChI is InChI=1S/C30H32N2O3/c1-2-35-30(34)25-13-9-19-31(21-25)20-24-12-3-6-14-26(24)29(33)32-27-15-7-4-10-22(27)17-18-23-11-5-8-16-28(23)32/h3-8,10-12,14-16,25H,2,9,13,17-21H2,1H3/t25-/m1/s1.